The summed E-state index contributed by atoms with van der Waals surface area (Å²) in [5.74, 6) is -1.10. The molecule has 0 bridgehead atoms. The molecule has 0 heterocycles. The van der Waals surface area contributed by atoms with Gasteiger partial charge in [-0.15, -0.1) is 0 Å². The molecule has 0 aliphatic heterocycles. The summed E-state index contributed by atoms with van der Waals surface area (Å²) >= 11 is 0. The first-order valence-corrected chi connectivity index (χ1v) is 11.8. The molecule has 0 radical (unpaired) electrons. The van der Waals surface area contributed by atoms with Crippen LogP contribution in [0.15, 0.2) is 48.5 Å². The summed E-state index contributed by atoms with van der Waals surface area (Å²) in [7, 11) is 9.66. The molecule has 0 fully saturated rings. The Balaban J connectivity index is 0. The zero-order valence-electron chi connectivity index (χ0n) is 17.9. The van der Waals surface area contributed by atoms with Gasteiger partial charge in [0.25, 0.3) is 0 Å². The fraction of sp³-hybridized carbons (Fsp3) is 0.300. The SMILES string of the molecule is CO.COC(=O)C(N)Cc1ccc(O)cc1.NC(Cc1ccc(O)cc1)C(=O)O.O=S(Cl)Cl. The van der Waals surface area contributed by atoms with Crippen LogP contribution in [0.4, 0.5) is 0 Å². The Kier molecular flexibility index (Phi) is 19.0. The predicted octanol–water partition coefficient (Wildman–Crippen LogP) is 1.43. The van der Waals surface area contributed by atoms with Crippen molar-refractivity contribution in [2.24, 2.45) is 11.5 Å². The molecule has 2 aromatic carbocycles. The van der Waals surface area contributed by atoms with Crippen LogP contribution >= 0.6 is 21.4 Å². The van der Waals surface area contributed by atoms with E-state index < -0.39 is 33.2 Å². The van der Waals surface area contributed by atoms with Gasteiger partial charge in [-0.05, 0) is 48.2 Å². The molecule has 33 heavy (non-hydrogen) atoms. The lowest BCUT2D eigenvalue weighted by Gasteiger charge is -2.08. The topological polar surface area (TPSA) is 193 Å². The lowest BCUT2D eigenvalue weighted by molar-refractivity contribution is -0.142. The minimum Gasteiger partial charge on any atom is -0.508 e. The van der Waals surface area contributed by atoms with E-state index in [1.807, 2.05) is 0 Å². The van der Waals surface area contributed by atoms with E-state index >= 15 is 0 Å². The van der Waals surface area contributed by atoms with Crippen molar-refractivity contribution in [2.75, 3.05) is 14.2 Å². The van der Waals surface area contributed by atoms with Crippen molar-refractivity contribution in [1.29, 1.82) is 0 Å². The molecule has 0 aliphatic carbocycles. The number of hydrogen-bond acceptors (Lipinski definition) is 9. The highest BCUT2D eigenvalue weighted by molar-refractivity contribution is 8.26. The molecular weight excluding hydrogens is 499 g/mol. The van der Waals surface area contributed by atoms with Gasteiger partial charge in [0.1, 0.15) is 23.6 Å². The molecule has 0 aliphatic rings. The van der Waals surface area contributed by atoms with Crippen molar-refractivity contribution >= 4 is 42.5 Å². The van der Waals surface area contributed by atoms with Crippen LogP contribution in [0.2, 0.25) is 0 Å². The van der Waals surface area contributed by atoms with Crippen LogP contribution < -0.4 is 11.5 Å². The number of esters is 1. The molecule has 0 saturated carbocycles. The highest BCUT2D eigenvalue weighted by Crippen LogP contribution is 2.11. The summed E-state index contributed by atoms with van der Waals surface area (Å²) in [5.41, 5.74) is 12.6. The molecule has 13 heteroatoms. The number of aliphatic carboxylic acids is 1. The van der Waals surface area contributed by atoms with E-state index in [1.54, 1.807) is 36.4 Å². The fourth-order valence-corrected chi connectivity index (χ4v) is 2.09. The lowest BCUT2D eigenvalue weighted by Crippen LogP contribution is -2.33. The first-order chi connectivity index (χ1) is 15.5. The number of carbonyl (C=O) groups excluding carboxylic acids is 1. The molecule has 2 atom stereocenters. The van der Waals surface area contributed by atoms with Crippen molar-refractivity contribution in [1.82, 2.24) is 0 Å². The highest BCUT2D eigenvalue weighted by Gasteiger charge is 2.13. The molecular formula is C20H28Cl2N2O8S. The van der Waals surface area contributed by atoms with Crippen molar-refractivity contribution in [3.8, 4) is 11.5 Å². The number of hydrogen-bond donors (Lipinski definition) is 6. The number of aromatic hydroxyl groups is 2. The smallest absolute Gasteiger partial charge is 0.322 e. The van der Waals surface area contributed by atoms with Crippen LogP contribution in [0.25, 0.3) is 0 Å². The number of ether oxygens (including phenoxy) is 1. The number of carbonyl (C=O) groups is 2. The van der Waals surface area contributed by atoms with Crippen molar-refractivity contribution < 1.29 is 39.0 Å². The summed E-state index contributed by atoms with van der Waals surface area (Å²) in [4.78, 5) is 21.4. The molecule has 10 nitrogen and oxygen atoms in total. The standard InChI is InChI=1S/C10H13NO3.C9H11NO3.CH4O.Cl2OS/c1-14-10(13)9(11)6-7-2-4-8(12)5-3-7;10-8(9(12)13)5-6-1-3-7(11)4-2-6;1-2;1-4(2)3/h2-5,9,12H,6,11H2,1H3;1-4,8,11H,5,10H2,(H,12,13);2H,1H3;. The average Bonchev–Trinajstić information content (AvgIpc) is 2.77. The van der Waals surface area contributed by atoms with Gasteiger partial charge in [0.2, 0.25) is 9.23 Å². The number of phenols is 2. The molecule has 0 aromatic heterocycles. The number of carboxylic acids is 1. The summed E-state index contributed by atoms with van der Waals surface area (Å²) in [6, 6.07) is 11.3. The van der Waals surface area contributed by atoms with Crippen LogP contribution in [0.5, 0.6) is 11.5 Å². The largest absolute Gasteiger partial charge is 0.508 e. The number of halogens is 2. The van der Waals surface area contributed by atoms with Crippen molar-refractivity contribution in [3.05, 3.63) is 59.7 Å². The number of aliphatic hydroxyl groups excluding tert-OH is 1. The Morgan fingerprint density at radius 3 is 1.45 bits per heavy atom. The van der Waals surface area contributed by atoms with Gasteiger partial charge in [0.05, 0.1) is 7.11 Å². The van der Waals surface area contributed by atoms with Crippen LogP contribution in [0.3, 0.4) is 0 Å². The molecule has 8 N–H and O–H groups in total. The van der Waals surface area contributed by atoms with E-state index in [2.05, 4.69) is 26.1 Å². The molecule has 2 aromatic rings. The quantitative estimate of drug-likeness (QED) is 0.236. The van der Waals surface area contributed by atoms with E-state index in [-0.39, 0.29) is 17.9 Å². The number of nitrogens with two attached hydrogens (primary N) is 2. The maximum absolute atomic E-state index is 11.0. The predicted molar refractivity (Wildman–Crippen MR) is 127 cm³/mol. The maximum atomic E-state index is 11.0. The van der Waals surface area contributed by atoms with E-state index in [0.29, 0.717) is 6.42 Å². The third-order valence-electron chi connectivity index (χ3n) is 3.61. The third-order valence-corrected chi connectivity index (χ3v) is 3.61. The molecule has 2 unspecified atom stereocenters. The first kappa shape index (κ1) is 32.8. The van der Waals surface area contributed by atoms with E-state index in [4.69, 9.17) is 36.1 Å². The van der Waals surface area contributed by atoms with Gasteiger partial charge in [-0.25, -0.2) is 4.21 Å². The summed E-state index contributed by atoms with van der Waals surface area (Å²) in [6.45, 7) is 0. The first-order valence-electron chi connectivity index (χ1n) is 9.02. The van der Waals surface area contributed by atoms with Gasteiger partial charge in [-0.1, -0.05) is 24.3 Å². The van der Waals surface area contributed by atoms with Crippen LogP contribution in [-0.2, 0) is 36.4 Å². The van der Waals surface area contributed by atoms with Gasteiger partial charge < -0.3 is 36.6 Å². The third kappa shape index (κ3) is 17.8. The van der Waals surface area contributed by atoms with Crippen LogP contribution in [0.1, 0.15) is 11.1 Å². The number of phenolic OH excluding ortho intramolecular Hbond substituents is 2. The molecule has 0 saturated heterocycles. The van der Waals surface area contributed by atoms with Gasteiger partial charge in [0.15, 0.2) is 0 Å². The fourth-order valence-electron chi connectivity index (χ4n) is 2.09. The summed E-state index contributed by atoms with van der Waals surface area (Å²) in [5, 5.41) is 33.5. The van der Waals surface area contributed by atoms with E-state index in [0.717, 1.165) is 18.2 Å². The van der Waals surface area contributed by atoms with E-state index in [1.165, 1.54) is 19.2 Å². The molecule has 0 amide bonds. The number of rotatable bonds is 6. The van der Waals surface area contributed by atoms with Crippen molar-refractivity contribution in [3.63, 3.8) is 0 Å². The zero-order chi connectivity index (χ0) is 26.0. The normalized spacial score (nSPS) is 11.3. The maximum Gasteiger partial charge on any atom is 0.322 e. The second kappa shape index (κ2) is 19.1. The minimum absolute atomic E-state index is 0.160. The van der Waals surface area contributed by atoms with Gasteiger partial charge in [-0.3, -0.25) is 9.59 Å². The molecule has 0 spiro atoms. The average molecular weight is 527 g/mol. The van der Waals surface area contributed by atoms with Crippen molar-refractivity contribution in [2.45, 2.75) is 24.9 Å². The number of benzene rings is 2. The number of methoxy groups -OCH3 is 1. The number of carboxylic acid groups (broad SMARTS) is 1. The van der Waals surface area contributed by atoms with Crippen LogP contribution in [0, 0.1) is 0 Å². The summed E-state index contributed by atoms with van der Waals surface area (Å²) < 4.78 is 13.6. The van der Waals surface area contributed by atoms with Gasteiger partial charge >= 0.3 is 11.9 Å². The highest BCUT2D eigenvalue weighted by atomic mass is 36.0. The Morgan fingerprint density at radius 1 is 0.879 bits per heavy atom. The Morgan fingerprint density at radius 2 is 1.18 bits per heavy atom. The molecule has 186 valence electrons. The Hall–Kier alpha value is -2.41. The monoisotopic (exact) mass is 526 g/mol. The second-order valence-corrected chi connectivity index (χ2v) is 8.52. The Labute approximate surface area is 203 Å². The van der Waals surface area contributed by atoms with Gasteiger partial charge in [-0.2, -0.15) is 0 Å². The summed E-state index contributed by atoms with van der Waals surface area (Å²) in [6.07, 6.45) is 0.683. The van der Waals surface area contributed by atoms with Gasteiger partial charge in [0, 0.05) is 28.5 Å². The van der Waals surface area contributed by atoms with E-state index in [9.17, 15) is 9.59 Å². The Bertz CT molecular complexity index is 835. The lowest BCUT2D eigenvalue weighted by atomic mass is 10.1. The zero-order valence-corrected chi connectivity index (χ0v) is 20.3. The molecule has 2 rings (SSSR count). The number of aliphatic hydroxyl groups is 1. The minimum atomic E-state index is -1.67. The van der Waals surface area contributed by atoms with Crippen LogP contribution in [-0.4, -0.2) is 62.9 Å². The second-order valence-electron chi connectivity index (χ2n) is 6.00.